The Morgan fingerprint density at radius 3 is 2.87 bits per heavy atom. The maximum absolute atomic E-state index is 11.6. The zero-order valence-corrected chi connectivity index (χ0v) is 10.4. The van der Waals surface area contributed by atoms with Gasteiger partial charge in [0, 0.05) is 25.4 Å². The molecule has 1 rings (SSSR count). The third kappa shape index (κ3) is 3.35. The molecule has 1 aromatic heterocycles. The van der Waals surface area contributed by atoms with Crippen LogP contribution < -0.4 is 10.3 Å². The molecule has 15 heavy (non-hydrogen) atoms. The van der Waals surface area contributed by atoms with Crippen molar-refractivity contribution in [2.45, 2.75) is 13.5 Å². The summed E-state index contributed by atoms with van der Waals surface area (Å²) in [5.74, 6) is 0.549. The Balaban J connectivity index is 2.81. The van der Waals surface area contributed by atoms with Gasteiger partial charge in [0.2, 0.25) is 0 Å². The van der Waals surface area contributed by atoms with Crippen molar-refractivity contribution < 1.29 is 9.47 Å². The van der Waals surface area contributed by atoms with Crippen LogP contribution in [-0.2, 0) is 11.3 Å². The third-order valence-electron chi connectivity index (χ3n) is 1.94. The van der Waals surface area contributed by atoms with E-state index in [2.05, 4.69) is 15.9 Å². The fraction of sp³-hybridized carbons (Fsp3) is 0.500. The predicted octanol–water partition coefficient (Wildman–Crippen LogP) is 1.66. The average Bonchev–Trinajstić information content (AvgIpc) is 2.23. The van der Waals surface area contributed by atoms with Crippen LogP contribution in [0.3, 0.4) is 0 Å². The zero-order valence-electron chi connectivity index (χ0n) is 8.83. The fourth-order valence-electron chi connectivity index (χ4n) is 1.17. The van der Waals surface area contributed by atoms with Crippen LogP contribution in [0.2, 0.25) is 0 Å². The fourth-order valence-corrected chi connectivity index (χ4v) is 1.69. The van der Waals surface area contributed by atoms with Gasteiger partial charge in [-0.2, -0.15) is 0 Å². The van der Waals surface area contributed by atoms with E-state index in [1.807, 2.05) is 6.92 Å². The number of ether oxygens (including phenoxy) is 2. The maximum Gasteiger partial charge on any atom is 0.254 e. The smallest absolute Gasteiger partial charge is 0.254 e. The summed E-state index contributed by atoms with van der Waals surface area (Å²) in [6, 6.07) is 1.45. The lowest BCUT2D eigenvalue weighted by atomic mass is 10.4. The molecule has 0 bridgehead atoms. The van der Waals surface area contributed by atoms with Crippen molar-refractivity contribution in [3.05, 3.63) is 27.1 Å². The van der Waals surface area contributed by atoms with Crippen LogP contribution >= 0.6 is 15.9 Å². The van der Waals surface area contributed by atoms with E-state index >= 15 is 0 Å². The Morgan fingerprint density at radius 1 is 1.53 bits per heavy atom. The molecule has 0 spiro atoms. The summed E-state index contributed by atoms with van der Waals surface area (Å²) in [6.45, 7) is 3.67. The molecule has 1 heterocycles. The normalized spacial score (nSPS) is 10.3. The Hall–Kier alpha value is -0.810. The predicted molar refractivity (Wildman–Crippen MR) is 61.4 cm³/mol. The molecule has 0 aliphatic carbocycles. The second-order valence-electron chi connectivity index (χ2n) is 2.92. The topological polar surface area (TPSA) is 40.5 Å². The Kier molecular flexibility index (Phi) is 4.84. The summed E-state index contributed by atoms with van der Waals surface area (Å²) in [4.78, 5) is 11.6. The monoisotopic (exact) mass is 275 g/mol. The molecule has 0 amide bonds. The van der Waals surface area contributed by atoms with Gasteiger partial charge in [0.1, 0.15) is 5.75 Å². The Bertz CT molecular complexity index is 375. The first kappa shape index (κ1) is 12.3. The van der Waals surface area contributed by atoms with E-state index in [-0.39, 0.29) is 5.56 Å². The number of hydrogen-bond donors (Lipinski definition) is 0. The Morgan fingerprint density at radius 2 is 2.27 bits per heavy atom. The minimum absolute atomic E-state index is 0.0882. The van der Waals surface area contributed by atoms with Gasteiger partial charge < -0.3 is 14.0 Å². The van der Waals surface area contributed by atoms with Crippen LogP contribution in [0.5, 0.6) is 5.75 Å². The van der Waals surface area contributed by atoms with Crippen molar-refractivity contribution in [3.8, 4) is 5.75 Å². The quantitative estimate of drug-likeness (QED) is 0.768. The SMILES string of the molecule is CCOCCn1cc(Br)c(OC)cc1=O. The van der Waals surface area contributed by atoms with Crippen molar-refractivity contribution in [2.75, 3.05) is 20.3 Å². The molecule has 5 heteroatoms. The number of aromatic nitrogens is 1. The molecule has 0 unspecified atom stereocenters. The first-order valence-corrected chi connectivity index (χ1v) is 5.50. The van der Waals surface area contributed by atoms with Gasteiger partial charge in [-0.1, -0.05) is 0 Å². The number of hydrogen-bond acceptors (Lipinski definition) is 3. The van der Waals surface area contributed by atoms with Gasteiger partial charge in [-0.25, -0.2) is 0 Å². The molecule has 0 radical (unpaired) electrons. The molecule has 0 atom stereocenters. The van der Waals surface area contributed by atoms with Crippen LogP contribution in [0.1, 0.15) is 6.92 Å². The minimum Gasteiger partial charge on any atom is -0.495 e. The van der Waals surface area contributed by atoms with E-state index in [0.29, 0.717) is 25.5 Å². The number of halogens is 1. The van der Waals surface area contributed by atoms with E-state index in [0.717, 1.165) is 4.47 Å². The molecule has 4 nitrogen and oxygen atoms in total. The summed E-state index contributed by atoms with van der Waals surface area (Å²) in [5.41, 5.74) is -0.0882. The van der Waals surface area contributed by atoms with Crippen LogP contribution in [0.25, 0.3) is 0 Å². The summed E-state index contributed by atoms with van der Waals surface area (Å²) >= 11 is 3.32. The highest BCUT2D eigenvalue weighted by Crippen LogP contribution is 2.21. The zero-order chi connectivity index (χ0) is 11.3. The average molecular weight is 276 g/mol. The van der Waals surface area contributed by atoms with E-state index in [1.54, 1.807) is 10.8 Å². The molecule has 1 aromatic rings. The first-order chi connectivity index (χ1) is 7.19. The Labute approximate surface area is 96.9 Å². The maximum atomic E-state index is 11.6. The van der Waals surface area contributed by atoms with Gasteiger partial charge >= 0.3 is 0 Å². The number of pyridine rings is 1. The van der Waals surface area contributed by atoms with Gasteiger partial charge in [-0.15, -0.1) is 0 Å². The largest absolute Gasteiger partial charge is 0.495 e. The molecule has 0 saturated heterocycles. The summed E-state index contributed by atoms with van der Waals surface area (Å²) in [6.07, 6.45) is 1.71. The van der Waals surface area contributed by atoms with E-state index in [1.165, 1.54) is 13.2 Å². The van der Waals surface area contributed by atoms with Crippen LogP contribution in [-0.4, -0.2) is 24.9 Å². The summed E-state index contributed by atoms with van der Waals surface area (Å²) in [7, 11) is 1.53. The molecule has 0 aliphatic heterocycles. The van der Waals surface area contributed by atoms with Crippen LogP contribution in [0.4, 0.5) is 0 Å². The van der Waals surface area contributed by atoms with Crippen LogP contribution in [0.15, 0.2) is 21.5 Å². The minimum atomic E-state index is -0.0882. The van der Waals surface area contributed by atoms with E-state index in [9.17, 15) is 4.79 Å². The van der Waals surface area contributed by atoms with E-state index < -0.39 is 0 Å². The first-order valence-electron chi connectivity index (χ1n) is 4.70. The van der Waals surface area contributed by atoms with Gasteiger partial charge in [-0.3, -0.25) is 4.79 Å². The van der Waals surface area contributed by atoms with Crippen molar-refractivity contribution >= 4 is 15.9 Å². The lowest BCUT2D eigenvalue weighted by Gasteiger charge is -2.08. The third-order valence-corrected chi connectivity index (χ3v) is 2.54. The van der Waals surface area contributed by atoms with Gasteiger partial charge in [0.05, 0.1) is 18.2 Å². The highest BCUT2D eigenvalue weighted by atomic mass is 79.9. The molecule has 0 saturated carbocycles. The molecule has 0 N–H and O–H groups in total. The second kappa shape index (κ2) is 5.92. The molecule has 0 fully saturated rings. The number of methoxy groups -OCH3 is 1. The molecule has 0 aromatic carbocycles. The van der Waals surface area contributed by atoms with Crippen LogP contribution in [0, 0.1) is 0 Å². The van der Waals surface area contributed by atoms with Gasteiger partial charge in [-0.05, 0) is 22.9 Å². The molecule has 0 aliphatic rings. The van der Waals surface area contributed by atoms with Crippen molar-refractivity contribution in [1.29, 1.82) is 0 Å². The molecular formula is C10H14BrNO3. The second-order valence-corrected chi connectivity index (χ2v) is 3.77. The van der Waals surface area contributed by atoms with E-state index in [4.69, 9.17) is 9.47 Å². The summed E-state index contributed by atoms with van der Waals surface area (Å²) < 4.78 is 12.5. The van der Waals surface area contributed by atoms with Crippen molar-refractivity contribution in [1.82, 2.24) is 4.57 Å². The van der Waals surface area contributed by atoms with Gasteiger partial charge in [0.15, 0.2) is 0 Å². The summed E-state index contributed by atoms with van der Waals surface area (Å²) in [5, 5.41) is 0. The standard InChI is InChI=1S/C10H14BrNO3/c1-3-15-5-4-12-7-8(11)9(14-2)6-10(12)13/h6-7H,3-5H2,1-2H3. The lowest BCUT2D eigenvalue weighted by Crippen LogP contribution is -2.21. The highest BCUT2D eigenvalue weighted by Gasteiger charge is 2.04. The van der Waals surface area contributed by atoms with Crippen molar-refractivity contribution in [3.63, 3.8) is 0 Å². The van der Waals surface area contributed by atoms with Gasteiger partial charge in [0.25, 0.3) is 5.56 Å². The van der Waals surface area contributed by atoms with Crippen molar-refractivity contribution in [2.24, 2.45) is 0 Å². The highest BCUT2D eigenvalue weighted by molar-refractivity contribution is 9.10. The molecule has 84 valence electrons. The number of nitrogens with zero attached hydrogens (tertiary/aromatic N) is 1. The number of rotatable bonds is 5. The lowest BCUT2D eigenvalue weighted by molar-refractivity contribution is 0.138. The molecular weight excluding hydrogens is 262 g/mol.